The van der Waals surface area contributed by atoms with Gasteiger partial charge in [0.1, 0.15) is 0 Å². The van der Waals surface area contributed by atoms with Crippen LogP contribution < -0.4 is 0 Å². The Labute approximate surface area is 73.9 Å². The van der Waals surface area contributed by atoms with Gasteiger partial charge in [-0.25, -0.2) is 0 Å². The predicted molar refractivity (Wildman–Crippen MR) is 48.9 cm³/mol. The van der Waals surface area contributed by atoms with E-state index in [0.717, 1.165) is 25.7 Å². The maximum atomic E-state index is 9.96. The molecule has 0 radical (unpaired) electrons. The van der Waals surface area contributed by atoms with Crippen molar-refractivity contribution < 1.29 is 10.2 Å². The summed E-state index contributed by atoms with van der Waals surface area (Å²) >= 11 is 0. The molecule has 1 aliphatic rings. The molecule has 70 valence electrons. The predicted octanol–water partition coefficient (Wildman–Crippen LogP) is 1.62. The highest BCUT2D eigenvalue weighted by atomic mass is 16.3. The zero-order valence-electron chi connectivity index (χ0n) is 7.50. The van der Waals surface area contributed by atoms with E-state index in [2.05, 4.69) is 0 Å². The van der Waals surface area contributed by atoms with Crippen molar-refractivity contribution in [1.29, 1.82) is 0 Å². The second kappa shape index (κ2) is 4.63. The van der Waals surface area contributed by atoms with Crippen molar-refractivity contribution in [3.8, 4) is 0 Å². The molecule has 0 aromatic carbocycles. The van der Waals surface area contributed by atoms with E-state index in [4.69, 9.17) is 5.11 Å². The maximum Gasteiger partial charge on any atom is 0.0682 e. The topological polar surface area (TPSA) is 40.5 Å². The normalized spacial score (nSPS) is 23.2. The molecule has 1 fully saturated rings. The number of rotatable bonds is 3. The summed E-state index contributed by atoms with van der Waals surface area (Å²) < 4.78 is 0. The van der Waals surface area contributed by atoms with Gasteiger partial charge in [0.25, 0.3) is 0 Å². The Morgan fingerprint density at radius 3 is 2.33 bits per heavy atom. The fourth-order valence-electron chi connectivity index (χ4n) is 1.79. The van der Waals surface area contributed by atoms with Crippen LogP contribution in [0.2, 0.25) is 0 Å². The fourth-order valence-corrected chi connectivity index (χ4v) is 1.79. The number of aliphatic hydroxyl groups is 2. The standard InChI is InChI=1S/C10H18O2/c11-9-5-4-8-10(12)6-2-1-3-7-10/h4-5,11-12H,1-3,6-9H2/b5-4-. The lowest BCUT2D eigenvalue weighted by Gasteiger charge is -2.30. The minimum atomic E-state index is -0.468. The molecule has 0 aromatic heterocycles. The molecule has 1 saturated carbocycles. The van der Waals surface area contributed by atoms with Gasteiger partial charge in [-0.2, -0.15) is 0 Å². The largest absolute Gasteiger partial charge is 0.392 e. The number of aliphatic hydroxyl groups excluding tert-OH is 1. The van der Waals surface area contributed by atoms with E-state index in [1.807, 2.05) is 6.08 Å². The molecular formula is C10H18O2. The van der Waals surface area contributed by atoms with E-state index in [9.17, 15) is 5.11 Å². The molecule has 0 aliphatic heterocycles. The number of hydrogen-bond acceptors (Lipinski definition) is 2. The molecule has 0 bridgehead atoms. The molecule has 0 heterocycles. The van der Waals surface area contributed by atoms with Crippen molar-refractivity contribution in [3.63, 3.8) is 0 Å². The summed E-state index contributed by atoms with van der Waals surface area (Å²) in [5.74, 6) is 0. The average Bonchev–Trinajstić information content (AvgIpc) is 2.06. The Hall–Kier alpha value is -0.340. The van der Waals surface area contributed by atoms with Gasteiger partial charge >= 0.3 is 0 Å². The summed E-state index contributed by atoms with van der Waals surface area (Å²) in [5, 5.41) is 18.5. The Morgan fingerprint density at radius 1 is 1.08 bits per heavy atom. The highest BCUT2D eigenvalue weighted by molar-refractivity contribution is 4.92. The van der Waals surface area contributed by atoms with E-state index >= 15 is 0 Å². The Morgan fingerprint density at radius 2 is 1.75 bits per heavy atom. The summed E-state index contributed by atoms with van der Waals surface area (Å²) in [6.07, 6.45) is 9.66. The Kier molecular flexibility index (Phi) is 3.76. The SMILES string of the molecule is OC/C=C\CC1(O)CCCCC1. The van der Waals surface area contributed by atoms with E-state index in [1.54, 1.807) is 6.08 Å². The minimum absolute atomic E-state index is 0.0794. The molecule has 0 aromatic rings. The van der Waals surface area contributed by atoms with Crippen LogP contribution in [-0.2, 0) is 0 Å². The van der Waals surface area contributed by atoms with E-state index in [1.165, 1.54) is 6.42 Å². The van der Waals surface area contributed by atoms with Crippen molar-refractivity contribution in [3.05, 3.63) is 12.2 Å². The van der Waals surface area contributed by atoms with Crippen molar-refractivity contribution in [2.45, 2.75) is 44.1 Å². The van der Waals surface area contributed by atoms with Crippen LogP contribution in [0, 0.1) is 0 Å². The molecular weight excluding hydrogens is 152 g/mol. The van der Waals surface area contributed by atoms with Gasteiger partial charge in [-0.05, 0) is 19.3 Å². The van der Waals surface area contributed by atoms with Gasteiger partial charge < -0.3 is 10.2 Å². The third-order valence-corrected chi connectivity index (χ3v) is 2.55. The van der Waals surface area contributed by atoms with Crippen LogP contribution in [0.3, 0.4) is 0 Å². The van der Waals surface area contributed by atoms with Crippen LogP contribution in [0.25, 0.3) is 0 Å². The minimum Gasteiger partial charge on any atom is -0.392 e. The first kappa shape index (κ1) is 9.75. The molecule has 0 amide bonds. The van der Waals surface area contributed by atoms with Crippen molar-refractivity contribution >= 4 is 0 Å². The van der Waals surface area contributed by atoms with Crippen LogP contribution in [0.4, 0.5) is 0 Å². The zero-order valence-corrected chi connectivity index (χ0v) is 7.50. The first-order valence-electron chi connectivity index (χ1n) is 4.75. The Bertz CT molecular complexity index is 146. The molecule has 12 heavy (non-hydrogen) atoms. The zero-order chi connectivity index (χ0) is 8.86. The highest BCUT2D eigenvalue weighted by Crippen LogP contribution is 2.30. The fraction of sp³-hybridized carbons (Fsp3) is 0.800. The maximum absolute atomic E-state index is 9.96. The second-order valence-corrected chi connectivity index (χ2v) is 3.64. The van der Waals surface area contributed by atoms with Gasteiger partial charge in [0.2, 0.25) is 0 Å². The third-order valence-electron chi connectivity index (χ3n) is 2.55. The lowest BCUT2D eigenvalue weighted by atomic mass is 9.82. The summed E-state index contributed by atoms with van der Waals surface area (Å²) in [7, 11) is 0. The lowest BCUT2D eigenvalue weighted by Crippen LogP contribution is -2.30. The van der Waals surface area contributed by atoms with Crippen LogP contribution in [-0.4, -0.2) is 22.4 Å². The number of hydrogen-bond donors (Lipinski definition) is 2. The molecule has 2 N–H and O–H groups in total. The van der Waals surface area contributed by atoms with Crippen molar-refractivity contribution in [2.24, 2.45) is 0 Å². The summed E-state index contributed by atoms with van der Waals surface area (Å²) in [4.78, 5) is 0. The molecule has 1 aliphatic carbocycles. The summed E-state index contributed by atoms with van der Waals surface area (Å²) in [6.45, 7) is 0.0794. The van der Waals surface area contributed by atoms with Gasteiger partial charge in [0.05, 0.1) is 12.2 Å². The van der Waals surface area contributed by atoms with E-state index in [-0.39, 0.29) is 6.61 Å². The van der Waals surface area contributed by atoms with Gasteiger partial charge in [-0.15, -0.1) is 0 Å². The molecule has 2 heteroatoms. The van der Waals surface area contributed by atoms with Gasteiger partial charge in [0.15, 0.2) is 0 Å². The summed E-state index contributed by atoms with van der Waals surface area (Å²) in [6, 6.07) is 0. The Balaban J connectivity index is 2.31. The average molecular weight is 170 g/mol. The smallest absolute Gasteiger partial charge is 0.0682 e. The second-order valence-electron chi connectivity index (χ2n) is 3.64. The molecule has 1 rings (SSSR count). The first-order chi connectivity index (χ1) is 5.77. The summed E-state index contributed by atoms with van der Waals surface area (Å²) in [5.41, 5.74) is -0.468. The molecule has 0 saturated heterocycles. The molecule has 0 spiro atoms. The highest BCUT2D eigenvalue weighted by Gasteiger charge is 2.27. The first-order valence-corrected chi connectivity index (χ1v) is 4.75. The quantitative estimate of drug-likeness (QED) is 0.632. The van der Waals surface area contributed by atoms with Crippen molar-refractivity contribution in [1.82, 2.24) is 0 Å². The lowest BCUT2D eigenvalue weighted by molar-refractivity contribution is 0.00687. The van der Waals surface area contributed by atoms with Crippen LogP contribution in [0.15, 0.2) is 12.2 Å². The molecule has 0 unspecified atom stereocenters. The monoisotopic (exact) mass is 170 g/mol. The van der Waals surface area contributed by atoms with Crippen molar-refractivity contribution in [2.75, 3.05) is 6.61 Å². The van der Waals surface area contributed by atoms with Crippen LogP contribution >= 0.6 is 0 Å². The van der Waals surface area contributed by atoms with Gasteiger partial charge in [0, 0.05) is 0 Å². The molecule has 0 atom stereocenters. The van der Waals surface area contributed by atoms with Crippen LogP contribution in [0.1, 0.15) is 38.5 Å². The molecule has 2 nitrogen and oxygen atoms in total. The van der Waals surface area contributed by atoms with E-state index in [0.29, 0.717) is 6.42 Å². The van der Waals surface area contributed by atoms with Crippen LogP contribution in [0.5, 0.6) is 0 Å². The van der Waals surface area contributed by atoms with Gasteiger partial charge in [-0.3, -0.25) is 0 Å². The van der Waals surface area contributed by atoms with Gasteiger partial charge in [-0.1, -0.05) is 31.4 Å². The van der Waals surface area contributed by atoms with E-state index < -0.39 is 5.60 Å². The third kappa shape index (κ3) is 2.95.